The summed E-state index contributed by atoms with van der Waals surface area (Å²) in [6, 6.07) is 8.05. The summed E-state index contributed by atoms with van der Waals surface area (Å²) in [6.45, 7) is 17.0. The normalized spacial score (nSPS) is 13.7. The molecule has 0 amide bonds. The van der Waals surface area contributed by atoms with Crippen molar-refractivity contribution in [2.24, 2.45) is 0 Å². The average Bonchev–Trinajstić information content (AvgIpc) is 3.36. The molecule has 0 spiro atoms. The van der Waals surface area contributed by atoms with Crippen LogP contribution in [-0.2, 0) is 4.74 Å². The van der Waals surface area contributed by atoms with Crippen molar-refractivity contribution in [2.75, 3.05) is 45.9 Å². The summed E-state index contributed by atoms with van der Waals surface area (Å²) >= 11 is 0. The van der Waals surface area contributed by atoms with Crippen molar-refractivity contribution in [1.82, 2.24) is 9.80 Å². The van der Waals surface area contributed by atoms with Gasteiger partial charge in [-0.2, -0.15) is 0 Å². The van der Waals surface area contributed by atoms with Gasteiger partial charge in [0.2, 0.25) is 0 Å². The zero-order chi connectivity index (χ0) is 33.7. The first-order valence-corrected chi connectivity index (χ1v) is 20.7. The van der Waals surface area contributed by atoms with Crippen LogP contribution < -0.4 is 9.47 Å². The summed E-state index contributed by atoms with van der Waals surface area (Å²) in [7, 11) is 0. The number of rotatable bonds is 34. The van der Waals surface area contributed by atoms with Gasteiger partial charge in [-0.1, -0.05) is 130 Å². The van der Waals surface area contributed by atoms with Crippen molar-refractivity contribution in [1.29, 1.82) is 0 Å². The van der Waals surface area contributed by atoms with E-state index in [4.69, 9.17) is 14.2 Å². The standard InChI is InChI=1S/C42H78N2O3/c1-5-9-13-17-21-33-43(34-22-18-14-10-6-2)37-25-26-39-45-42(46-40-28-29-41(47-42)31-30-40)32-27-38-44(35-23-19-15-11-7-3)36-24-20-16-12-8-4/h28-31H,5-27,32-39H2,1-4H3. The van der Waals surface area contributed by atoms with Gasteiger partial charge in [0.25, 0.3) is 0 Å². The van der Waals surface area contributed by atoms with Gasteiger partial charge in [0, 0.05) is 0 Å². The summed E-state index contributed by atoms with van der Waals surface area (Å²) in [6.07, 6.45) is 30.9. The van der Waals surface area contributed by atoms with Crippen molar-refractivity contribution in [3.63, 3.8) is 0 Å². The highest BCUT2D eigenvalue weighted by Crippen LogP contribution is 2.34. The number of hydrogen-bond donors (Lipinski definition) is 0. The molecule has 0 saturated carbocycles. The third-order valence-electron chi connectivity index (χ3n) is 9.83. The van der Waals surface area contributed by atoms with Gasteiger partial charge >= 0.3 is 5.97 Å². The second-order valence-corrected chi connectivity index (χ2v) is 14.4. The Morgan fingerprint density at radius 3 is 1.11 bits per heavy atom. The van der Waals surface area contributed by atoms with Crippen LogP contribution in [-0.4, -0.2) is 61.6 Å². The molecule has 1 aromatic carbocycles. The zero-order valence-electron chi connectivity index (χ0n) is 31.8. The molecule has 0 aromatic heterocycles. The van der Waals surface area contributed by atoms with Crippen LogP contribution in [0.25, 0.3) is 0 Å². The van der Waals surface area contributed by atoms with Crippen LogP contribution in [0.3, 0.4) is 0 Å². The predicted molar refractivity (Wildman–Crippen MR) is 203 cm³/mol. The second-order valence-electron chi connectivity index (χ2n) is 14.4. The van der Waals surface area contributed by atoms with E-state index >= 15 is 0 Å². The first-order chi connectivity index (χ1) is 23.1. The maximum absolute atomic E-state index is 6.59. The third-order valence-corrected chi connectivity index (χ3v) is 9.83. The summed E-state index contributed by atoms with van der Waals surface area (Å²) in [5.74, 6) is 0.656. The molecule has 0 unspecified atom stereocenters. The number of hydrogen-bond acceptors (Lipinski definition) is 5. The fourth-order valence-corrected chi connectivity index (χ4v) is 6.80. The first kappa shape index (κ1) is 41.9. The van der Waals surface area contributed by atoms with E-state index < -0.39 is 5.97 Å². The van der Waals surface area contributed by atoms with Gasteiger partial charge in [0.15, 0.2) is 0 Å². The predicted octanol–water partition coefficient (Wildman–Crippen LogP) is 12.2. The van der Waals surface area contributed by atoms with Gasteiger partial charge in [-0.15, -0.1) is 0 Å². The van der Waals surface area contributed by atoms with E-state index in [2.05, 4.69) is 37.5 Å². The Morgan fingerprint density at radius 1 is 0.426 bits per heavy atom. The Balaban J connectivity index is 1.86. The molecular formula is C42H78N2O3. The Bertz CT molecular complexity index is 764. The van der Waals surface area contributed by atoms with Gasteiger partial charge in [-0.25, -0.2) is 0 Å². The summed E-state index contributed by atoms with van der Waals surface area (Å²) in [5.41, 5.74) is 0. The zero-order valence-corrected chi connectivity index (χ0v) is 31.8. The van der Waals surface area contributed by atoms with Gasteiger partial charge in [0.1, 0.15) is 11.5 Å². The molecule has 5 heteroatoms. The lowest BCUT2D eigenvalue weighted by Crippen LogP contribution is -2.45. The molecule has 274 valence electrons. The summed E-state index contributed by atoms with van der Waals surface area (Å²) < 4.78 is 19.5. The maximum Gasteiger partial charge on any atom is 0.371 e. The molecule has 2 heterocycles. The van der Waals surface area contributed by atoms with Crippen LogP contribution in [0.4, 0.5) is 0 Å². The maximum atomic E-state index is 6.59. The molecule has 0 radical (unpaired) electrons. The first-order valence-electron chi connectivity index (χ1n) is 20.7. The third kappa shape index (κ3) is 20.7. The van der Waals surface area contributed by atoms with Crippen LogP contribution >= 0.6 is 0 Å². The number of ether oxygens (including phenoxy) is 3. The lowest BCUT2D eigenvalue weighted by atomic mass is 10.1. The lowest BCUT2D eigenvalue weighted by Gasteiger charge is -2.33. The van der Waals surface area contributed by atoms with Crippen molar-refractivity contribution in [3.05, 3.63) is 24.3 Å². The Labute approximate surface area is 292 Å². The molecule has 2 aliphatic heterocycles. The van der Waals surface area contributed by atoms with E-state index in [1.807, 2.05) is 24.3 Å². The van der Waals surface area contributed by atoms with Crippen molar-refractivity contribution in [3.8, 4) is 11.5 Å². The Kier molecular flexibility index (Phi) is 25.4. The van der Waals surface area contributed by atoms with E-state index in [1.54, 1.807) is 0 Å². The minimum atomic E-state index is -1.02. The van der Waals surface area contributed by atoms with Crippen LogP contribution in [0.2, 0.25) is 0 Å². The molecule has 47 heavy (non-hydrogen) atoms. The van der Waals surface area contributed by atoms with E-state index in [-0.39, 0.29) is 0 Å². The topological polar surface area (TPSA) is 34.2 Å². The number of nitrogens with zero attached hydrogens (tertiary/aromatic N) is 2. The summed E-state index contributed by atoms with van der Waals surface area (Å²) in [5, 5.41) is 0. The molecule has 2 bridgehead atoms. The fraction of sp³-hybridized carbons (Fsp3) is 0.857. The fourth-order valence-electron chi connectivity index (χ4n) is 6.80. The highest BCUT2D eigenvalue weighted by molar-refractivity contribution is 5.33. The van der Waals surface area contributed by atoms with Gasteiger partial charge in [-0.3, -0.25) is 0 Å². The molecule has 3 rings (SSSR count). The largest absolute Gasteiger partial charge is 0.430 e. The van der Waals surface area contributed by atoms with E-state index in [1.165, 1.54) is 161 Å². The minimum absolute atomic E-state index is 0.667. The molecule has 5 nitrogen and oxygen atoms in total. The van der Waals surface area contributed by atoms with Crippen molar-refractivity contribution >= 4 is 0 Å². The monoisotopic (exact) mass is 659 g/mol. The van der Waals surface area contributed by atoms with Crippen LogP contribution in [0.15, 0.2) is 24.3 Å². The smallest absolute Gasteiger partial charge is 0.371 e. The highest BCUT2D eigenvalue weighted by Gasteiger charge is 2.38. The quantitative estimate of drug-likeness (QED) is 0.0688. The second kappa shape index (κ2) is 28.5. The molecule has 0 saturated heterocycles. The van der Waals surface area contributed by atoms with Gasteiger partial charge in [-0.05, 0) is 108 Å². The van der Waals surface area contributed by atoms with E-state index in [0.29, 0.717) is 6.61 Å². The van der Waals surface area contributed by atoms with Crippen LogP contribution in [0, 0.1) is 0 Å². The number of unbranched alkanes of at least 4 members (excludes halogenated alkanes) is 17. The van der Waals surface area contributed by atoms with Crippen molar-refractivity contribution in [2.45, 2.75) is 188 Å². The SMILES string of the molecule is CCCCCCCN(CCCCCCC)CCCCOC1(CCCN(CCCCCCC)CCCCCCC)Oc2ccc(cc2)O1. The van der Waals surface area contributed by atoms with Crippen LogP contribution in [0.5, 0.6) is 11.5 Å². The number of fused-ring (bicyclic) bond motifs is 4. The highest BCUT2D eigenvalue weighted by atomic mass is 16.9. The van der Waals surface area contributed by atoms with Gasteiger partial charge < -0.3 is 24.0 Å². The van der Waals surface area contributed by atoms with Crippen LogP contribution in [0.1, 0.15) is 182 Å². The van der Waals surface area contributed by atoms with Gasteiger partial charge in [0.05, 0.1) is 13.0 Å². The molecule has 0 N–H and O–H groups in total. The van der Waals surface area contributed by atoms with Crippen molar-refractivity contribution < 1.29 is 14.2 Å². The summed E-state index contributed by atoms with van der Waals surface area (Å²) in [4.78, 5) is 5.43. The molecule has 1 aromatic rings. The Hall–Kier alpha value is -1.30. The molecular weight excluding hydrogens is 580 g/mol. The average molecular weight is 659 g/mol. The molecule has 2 aliphatic rings. The minimum Gasteiger partial charge on any atom is -0.430 e. The molecule has 0 fully saturated rings. The lowest BCUT2D eigenvalue weighted by molar-refractivity contribution is -0.304. The van der Waals surface area contributed by atoms with E-state index in [0.717, 1.165) is 43.7 Å². The Morgan fingerprint density at radius 2 is 0.745 bits per heavy atom. The molecule has 0 atom stereocenters. The molecule has 0 aliphatic carbocycles. The number of benzene rings is 1. The van der Waals surface area contributed by atoms with E-state index in [9.17, 15) is 0 Å².